The highest BCUT2D eigenvalue weighted by atomic mass is 15.5. The Morgan fingerprint density at radius 2 is 1.74 bits per heavy atom. The molecule has 2 aromatic rings. The van der Waals surface area contributed by atoms with Crippen LogP contribution in [0.15, 0.2) is 59.7 Å². The highest BCUT2D eigenvalue weighted by Crippen LogP contribution is 2.38. The average molecular weight is 248 g/mol. The van der Waals surface area contributed by atoms with Crippen molar-refractivity contribution in [2.45, 2.75) is 19.4 Å². The number of hydrogen-bond donors (Lipinski definition) is 0. The van der Waals surface area contributed by atoms with Crippen molar-refractivity contribution in [1.82, 2.24) is 0 Å². The second kappa shape index (κ2) is 3.95. The van der Waals surface area contributed by atoms with Gasteiger partial charge in [0.25, 0.3) is 0 Å². The summed E-state index contributed by atoms with van der Waals surface area (Å²) in [4.78, 5) is 0. The molecule has 2 aliphatic rings. The molecule has 1 aliphatic heterocycles. The first kappa shape index (κ1) is 10.8. The maximum Gasteiger partial charge on any atom is 0.0740 e. The van der Waals surface area contributed by atoms with E-state index in [2.05, 4.69) is 60.5 Å². The van der Waals surface area contributed by atoms with Crippen molar-refractivity contribution >= 4 is 11.4 Å². The fourth-order valence-electron chi connectivity index (χ4n) is 3.26. The average Bonchev–Trinajstić information content (AvgIpc) is 2.98. The summed E-state index contributed by atoms with van der Waals surface area (Å²) in [7, 11) is 0. The first-order valence-electron chi connectivity index (χ1n) is 6.85. The second-order valence-corrected chi connectivity index (χ2v) is 5.37. The molecular formula is C17H16N2. The molecule has 94 valence electrons. The topological polar surface area (TPSA) is 15.6 Å². The molecular weight excluding hydrogens is 232 g/mol. The molecule has 19 heavy (non-hydrogen) atoms. The Morgan fingerprint density at radius 3 is 2.58 bits per heavy atom. The molecule has 1 heterocycles. The lowest BCUT2D eigenvalue weighted by Gasteiger charge is -2.23. The molecule has 0 fully saturated rings. The van der Waals surface area contributed by atoms with E-state index in [1.807, 2.05) is 6.07 Å². The zero-order chi connectivity index (χ0) is 12.8. The van der Waals surface area contributed by atoms with Gasteiger partial charge < -0.3 is 0 Å². The van der Waals surface area contributed by atoms with Gasteiger partial charge in [-0.15, -0.1) is 0 Å². The third-order valence-corrected chi connectivity index (χ3v) is 4.29. The maximum atomic E-state index is 4.89. The molecule has 2 unspecified atom stereocenters. The van der Waals surface area contributed by atoms with Crippen molar-refractivity contribution in [3.05, 3.63) is 65.7 Å². The normalized spacial score (nSPS) is 24.1. The van der Waals surface area contributed by atoms with Crippen LogP contribution < -0.4 is 5.01 Å². The number of fused-ring (bicyclic) bond motifs is 3. The molecule has 2 heteroatoms. The number of para-hydroxylation sites is 1. The zero-order valence-corrected chi connectivity index (χ0v) is 11.0. The Bertz CT molecular complexity index is 645. The molecule has 0 aromatic heterocycles. The van der Waals surface area contributed by atoms with E-state index in [0.717, 1.165) is 6.42 Å². The summed E-state index contributed by atoms with van der Waals surface area (Å²) >= 11 is 0. The summed E-state index contributed by atoms with van der Waals surface area (Å²) in [6.45, 7) is 2.28. The third-order valence-electron chi connectivity index (χ3n) is 4.29. The molecule has 0 amide bonds. The lowest BCUT2D eigenvalue weighted by molar-refractivity contribution is 0.571. The van der Waals surface area contributed by atoms with Gasteiger partial charge in [-0.3, -0.25) is 5.01 Å². The molecule has 2 aromatic carbocycles. The molecule has 0 spiro atoms. The van der Waals surface area contributed by atoms with Gasteiger partial charge in [-0.25, -0.2) is 0 Å². The Labute approximate surface area is 113 Å². The maximum absolute atomic E-state index is 4.89. The molecule has 4 rings (SSSR count). The number of benzene rings is 2. The van der Waals surface area contributed by atoms with Crippen molar-refractivity contribution in [3.8, 4) is 0 Å². The molecule has 0 N–H and O–H groups in total. The Morgan fingerprint density at radius 1 is 1.00 bits per heavy atom. The number of rotatable bonds is 1. The lowest BCUT2D eigenvalue weighted by atomic mass is 9.97. The predicted octanol–water partition coefficient (Wildman–Crippen LogP) is 3.47. The Kier molecular flexibility index (Phi) is 2.25. The number of anilines is 1. The van der Waals surface area contributed by atoms with E-state index >= 15 is 0 Å². The summed E-state index contributed by atoms with van der Waals surface area (Å²) < 4.78 is 0. The summed E-state index contributed by atoms with van der Waals surface area (Å²) in [6.07, 6.45) is 1.12. The fraction of sp³-hybridized carbons (Fsp3) is 0.235. The third kappa shape index (κ3) is 1.53. The minimum atomic E-state index is 0.435. The van der Waals surface area contributed by atoms with Gasteiger partial charge in [0.15, 0.2) is 0 Å². The highest BCUT2D eigenvalue weighted by molar-refractivity contribution is 6.08. The van der Waals surface area contributed by atoms with E-state index in [1.54, 1.807) is 0 Å². The van der Waals surface area contributed by atoms with Gasteiger partial charge in [0.1, 0.15) is 0 Å². The van der Waals surface area contributed by atoms with Crippen LogP contribution in [0.3, 0.4) is 0 Å². The van der Waals surface area contributed by atoms with E-state index in [-0.39, 0.29) is 0 Å². The van der Waals surface area contributed by atoms with Crippen molar-refractivity contribution in [1.29, 1.82) is 0 Å². The number of nitrogens with zero attached hydrogens (tertiary/aromatic N) is 2. The van der Waals surface area contributed by atoms with Crippen molar-refractivity contribution < 1.29 is 0 Å². The molecule has 1 aliphatic carbocycles. The Balaban J connectivity index is 1.79. The minimum Gasteiger partial charge on any atom is -0.262 e. The van der Waals surface area contributed by atoms with Crippen LogP contribution in [0.4, 0.5) is 5.69 Å². The largest absolute Gasteiger partial charge is 0.262 e. The Hall–Kier alpha value is -2.09. The fourth-order valence-corrected chi connectivity index (χ4v) is 3.26. The van der Waals surface area contributed by atoms with Crippen LogP contribution in [-0.2, 0) is 6.42 Å². The van der Waals surface area contributed by atoms with E-state index in [0.29, 0.717) is 12.0 Å². The molecule has 0 radical (unpaired) electrons. The number of hydrazone groups is 1. The van der Waals surface area contributed by atoms with Crippen LogP contribution in [0.5, 0.6) is 0 Å². The monoisotopic (exact) mass is 248 g/mol. The van der Waals surface area contributed by atoms with Crippen LogP contribution >= 0.6 is 0 Å². The van der Waals surface area contributed by atoms with Gasteiger partial charge in [0.05, 0.1) is 17.4 Å². The standard InChI is InChI=1S/C17H16N2/c1-12-16-11-13-7-5-6-10-15(13)17(16)18-19(12)14-8-3-2-4-9-14/h2-10,12,16H,11H2,1H3. The summed E-state index contributed by atoms with van der Waals surface area (Å²) in [5.41, 5.74) is 5.25. The van der Waals surface area contributed by atoms with E-state index in [4.69, 9.17) is 5.10 Å². The summed E-state index contributed by atoms with van der Waals surface area (Å²) in [5, 5.41) is 7.07. The van der Waals surface area contributed by atoms with Crippen LogP contribution in [0.25, 0.3) is 0 Å². The van der Waals surface area contributed by atoms with Gasteiger partial charge in [-0.05, 0) is 31.0 Å². The van der Waals surface area contributed by atoms with Crippen LogP contribution in [0, 0.1) is 5.92 Å². The smallest absolute Gasteiger partial charge is 0.0740 e. The molecule has 0 saturated heterocycles. The summed E-state index contributed by atoms with van der Waals surface area (Å²) in [6, 6.07) is 19.6. The number of hydrogen-bond acceptors (Lipinski definition) is 2. The van der Waals surface area contributed by atoms with Gasteiger partial charge >= 0.3 is 0 Å². The van der Waals surface area contributed by atoms with Gasteiger partial charge in [0, 0.05) is 11.5 Å². The van der Waals surface area contributed by atoms with E-state index < -0.39 is 0 Å². The first-order chi connectivity index (χ1) is 9.34. The zero-order valence-electron chi connectivity index (χ0n) is 11.0. The SMILES string of the molecule is CC1C2Cc3ccccc3C2=NN1c1ccccc1. The summed E-state index contributed by atoms with van der Waals surface area (Å²) in [5.74, 6) is 0.539. The van der Waals surface area contributed by atoms with Crippen molar-refractivity contribution in [2.75, 3.05) is 5.01 Å². The van der Waals surface area contributed by atoms with Crippen molar-refractivity contribution in [3.63, 3.8) is 0 Å². The lowest BCUT2D eigenvalue weighted by Crippen LogP contribution is -2.29. The van der Waals surface area contributed by atoms with Gasteiger partial charge in [-0.2, -0.15) is 5.10 Å². The minimum absolute atomic E-state index is 0.435. The van der Waals surface area contributed by atoms with Crippen molar-refractivity contribution in [2.24, 2.45) is 11.0 Å². The van der Waals surface area contributed by atoms with E-state index in [1.165, 1.54) is 22.5 Å². The van der Waals surface area contributed by atoms with Crippen LogP contribution in [0.1, 0.15) is 18.1 Å². The second-order valence-electron chi connectivity index (χ2n) is 5.37. The first-order valence-corrected chi connectivity index (χ1v) is 6.85. The quantitative estimate of drug-likeness (QED) is 0.754. The van der Waals surface area contributed by atoms with Crippen LogP contribution in [0.2, 0.25) is 0 Å². The molecule has 0 saturated carbocycles. The highest BCUT2D eigenvalue weighted by Gasteiger charge is 2.40. The predicted molar refractivity (Wildman–Crippen MR) is 78.6 cm³/mol. The van der Waals surface area contributed by atoms with Gasteiger partial charge in [0.2, 0.25) is 0 Å². The molecule has 2 atom stereocenters. The van der Waals surface area contributed by atoms with E-state index in [9.17, 15) is 0 Å². The van der Waals surface area contributed by atoms with Crippen LogP contribution in [-0.4, -0.2) is 11.8 Å². The molecule has 0 bridgehead atoms. The molecule has 2 nitrogen and oxygen atoms in total. The van der Waals surface area contributed by atoms with Gasteiger partial charge in [-0.1, -0.05) is 42.5 Å².